The van der Waals surface area contributed by atoms with Crippen molar-refractivity contribution in [3.05, 3.63) is 99.3 Å². The maximum Gasteiger partial charge on any atom is 0.349 e. The molecule has 0 amide bonds. The summed E-state index contributed by atoms with van der Waals surface area (Å²) in [5, 5.41) is 9.68. The number of nitrogens with two attached hydrogens (primary N) is 1. The largest absolute Gasteiger partial charge is 0.482 e. The Morgan fingerprint density at radius 2 is 1.76 bits per heavy atom. The molecule has 1 aliphatic rings. The molecule has 6 nitrogen and oxygen atoms in total. The van der Waals surface area contributed by atoms with Crippen molar-refractivity contribution in [1.82, 2.24) is 0 Å². The maximum absolute atomic E-state index is 12.3. The van der Waals surface area contributed by atoms with Gasteiger partial charge in [0.25, 0.3) is 0 Å². The van der Waals surface area contributed by atoms with Gasteiger partial charge in [0.2, 0.25) is 5.88 Å². The molecule has 3 aromatic carbocycles. The summed E-state index contributed by atoms with van der Waals surface area (Å²) in [7, 11) is 0. The van der Waals surface area contributed by atoms with E-state index in [9.17, 15) is 10.1 Å². The van der Waals surface area contributed by atoms with E-state index in [-0.39, 0.29) is 18.4 Å². The van der Waals surface area contributed by atoms with E-state index in [1.54, 1.807) is 18.2 Å². The van der Waals surface area contributed by atoms with Gasteiger partial charge in [0.1, 0.15) is 28.9 Å². The van der Waals surface area contributed by atoms with Crippen LogP contribution in [0.25, 0.3) is 0 Å². The number of halogens is 1. The van der Waals surface area contributed by atoms with E-state index in [1.807, 2.05) is 48.5 Å². The summed E-state index contributed by atoms with van der Waals surface area (Å²) in [6.45, 7) is 3.99. The van der Waals surface area contributed by atoms with Gasteiger partial charge in [-0.3, -0.25) is 0 Å². The van der Waals surface area contributed by atoms with Crippen LogP contribution in [-0.2, 0) is 4.79 Å². The minimum Gasteiger partial charge on any atom is -0.482 e. The molecule has 4 rings (SSSR count). The second-order valence-electron chi connectivity index (χ2n) is 8.16. The molecule has 0 bridgehead atoms. The van der Waals surface area contributed by atoms with Gasteiger partial charge in [-0.1, -0.05) is 60.1 Å². The highest BCUT2D eigenvalue weighted by molar-refractivity contribution is 9.10. The Kier molecular flexibility index (Phi) is 6.90. The van der Waals surface area contributed by atoms with Crippen LogP contribution >= 0.6 is 15.9 Å². The summed E-state index contributed by atoms with van der Waals surface area (Å²) in [5.74, 6) is 0.832. The molecule has 0 radical (unpaired) electrons. The molecule has 1 atom stereocenters. The Morgan fingerprint density at radius 1 is 1.09 bits per heavy atom. The molecule has 172 valence electrons. The molecule has 0 saturated carbocycles. The lowest BCUT2D eigenvalue weighted by atomic mass is 9.83. The van der Waals surface area contributed by atoms with Gasteiger partial charge in [-0.15, -0.1) is 0 Å². The molecule has 0 aromatic heterocycles. The van der Waals surface area contributed by atoms with E-state index in [1.165, 1.54) is 5.56 Å². The molecular formula is C27H23BrN2O4. The van der Waals surface area contributed by atoms with Crippen molar-refractivity contribution < 1.29 is 19.0 Å². The standard InChI is InChI=1S/C27H23BrN2O4/c1-16(2)17-5-9-20(10-6-17)32-15-25(31)33-21-11-12-22-24(13-21)34-27(30)23(14-29)26(22)18-3-7-19(28)8-4-18/h3-13,16,26H,15,30H2,1-2H3. The maximum atomic E-state index is 12.3. The van der Waals surface area contributed by atoms with Crippen LogP contribution in [0.5, 0.6) is 17.2 Å². The number of hydrogen-bond acceptors (Lipinski definition) is 6. The number of nitrogens with zero attached hydrogens (tertiary/aromatic N) is 1. The van der Waals surface area contributed by atoms with Crippen LogP contribution in [0.2, 0.25) is 0 Å². The third kappa shape index (κ3) is 5.08. The van der Waals surface area contributed by atoms with E-state index >= 15 is 0 Å². The van der Waals surface area contributed by atoms with Crippen molar-refractivity contribution in [2.75, 3.05) is 6.61 Å². The second-order valence-corrected chi connectivity index (χ2v) is 9.08. The fourth-order valence-electron chi connectivity index (χ4n) is 3.75. The number of nitriles is 1. The van der Waals surface area contributed by atoms with Gasteiger partial charge in [0.15, 0.2) is 6.61 Å². The first-order valence-corrected chi connectivity index (χ1v) is 11.6. The molecule has 2 N–H and O–H groups in total. The van der Waals surface area contributed by atoms with Crippen LogP contribution in [-0.4, -0.2) is 12.6 Å². The highest BCUT2D eigenvalue weighted by Gasteiger charge is 2.31. The number of hydrogen-bond donors (Lipinski definition) is 1. The highest BCUT2D eigenvalue weighted by Crippen LogP contribution is 2.43. The van der Waals surface area contributed by atoms with Crippen molar-refractivity contribution in [1.29, 1.82) is 5.26 Å². The van der Waals surface area contributed by atoms with Crippen molar-refractivity contribution in [3.8, 4) is 23.3 Å². The van der Waals surface area contributed by atoms with E-state index < -0.39 is 5.97 Å². The van der Waals surface area contributed by atoms with Crippen molar-refractivity contribution >= 4 is 21.9 Å². The third-order valence-electron chi connectivity index (χ3n) is 5.53. The van der Waals surface area contributed by atoms with Gasteiger partial charge in [0.05, 0.1) is 5.92 Å². The number of ether oxygens (including phenoxy) is 3. The van der Waals surface area contributed by atoms with Crippen LogP contribution in [0.3, 0.4) is 0 Å². The van der Waals surface area contributed by atoms with Crippen molar-refractivity contribution in [3.63, 3.8) is 0 Å². The van der Waals surface area contributed by atoms with E-state index in [4.69, 9.17) is 19.9 Å². The Bertz CT molecular complexity index is 1280. The van der Waals surface area contributed by atoms with Crippen molar-refractivity contribution in [2.24, 2.45) is 5.73 Å². The monoisotopic (exact) mass is 518 g/mol. The first-order valence-electron chi connectivity index (χ1n) is 10.8. The molecule has 3 aromatic rings. The van der Waals surface area contributed by atoms with Crippen LogP contribution in [0.15, 0.2) is 82.7 Å². The lowest BCUT2D eigenvalue weighted by Gasteiger charge is -2.26. The fraction of sp³-hybridized carbons (Fsp3) is 0.185. The van der Waals surface area contributed by atoms with E-state index in [0.29, 0.717) is 28.7 Å². The molecule has 1 aliphatic heterocycles. The number of esters is 1. The van der Waals surface area contributed by atoms with E-state index in [2.05, 4.69) is 35.8 Å². The first-order chi connectivity index (χ1) is 16.4. The zero-order chi connectivity index (χ0) is 24.2. The smallest absolute Gasteiger partial charge is 0.349 e. The number of allylic oxidation sites excluding steroid dienone is 1. The van der Waals surface area contributed by atoms with Gasteiger partial charge in [-0.25, -0.2) is 4.79 Å². The zero-order valence-corrected chi connectivity index (χ0v) is 20.3. The number of carbonyl (C=O) groups is 1. The van der Waals surface area contributed by atoms with Crippen LogP contribution in [0, 0.1) is 11.3 Å². The van der Waals surface area contributed by atoms with Crippen LogP contribution in [0.1, 0.15) is 42.4 Å². The van der Waals surface area contributed by atoms with Crippen LogP contribution in [0.4, 0.5) is 0 Å². The zero-order valence-electron chi connectivity index (χ0n) is 18.7. The van der Waals surface area contributed by atoms with Gasteiger partial charge in [-0.05, 0) is 47.4 Å². The normalized spacial score (nSPS) is 14.7. The molecule has 1 unspecified atom stereocenters. The summed E-state index contributed by atoms with van der Waals surface area (Å²) in [5.41, 5.74) is 9.23. The van der Waals surface area contributed by atoms with Gasteiger partial charge < -0.3 is 19.9 Å². The lowest BCUT2D eigenvalue weighted by Crippen LogP contribution is -2.21. The topological polar surface area (TPSA) is 94.6 Å². The molecule has 7 heteroatoms. The minimum absolute atomic E-state index is 0.0274. The predicted molar refractivity (Wildman–Crippen MR) is 132 cm³/mol. The fourth-order valence-corrected chi connectivity index (χ4v) is 4.01. The molecule has 0 spiro atoms. The first kappa shape index (κ1) is 23.4. The molecule has 0 aliphatic carbocycles. The molecule has 34 heavy (non-hydrogen) atoms. The number of rotatable bonds is 6. The summed E-state index contributed by atoms with van der Waals surface area (Å²) < 4.78 is 17.6. The molecule has 0 saturated heterocycles. The predicted octanol–water partition coefficient (Wildman–Crippen LogP) is 5.78. The number of carbonyl (C=O) groups excluding carboxylic acids is 1. The van der Waals surface area contributed by atoms with Gasteiger partial charge in [-0.2, -0.15) is 5.26 Å². The second kappa shape index (κ2) is 10.0. The number of benzene rings is 3. The quantitative estimate of drug-likeness (QED) is 0.328. The highest BCUT2D eigenvalue weighted by atomic mass is 79.9. The summed E-state index contributed by atoms with van der Waals surface area (Å²) in [6.07, 6.45) is 0. The lowest BCUT2D eigenvalue weighted by molar-refractivity contribution is -0.136. The molecule has 0 fully saturated rings. The Labute approximate surface area is 206 Å². The van der Waals surface area contributed by atoms with Gasteiger partial charge >= 0.3 is 5.97 Å². The minimum atomic E-state index is -0.547. The third-order valence-corrected chi connectivity index (χ3v) is 6.06. The van der Waals surface area contributed by atoms with Gasteiger partial charge in [0, 0.05) is 16.1 Å². The van der Waals surface area contributed by atoms with Crippen molar-refractivity contribution in [2.45, 2.75) is 25.7 Å². The number of fused-ring (bicyclic) bond motifs is 1. The molecular weight excluding hydrogens is 496 g/mol. The Hall–Kier alpha value is -3.76. The summed E-state index contributed by atoms with van der Waals surface area (Å²) >= 11 is 3.43. The summed E-state index contributed by atoms with van der Waals surface area (Å²) in [6, 6.07) is 22.5. The average Bonchev–Trinajstić information content (AvgIpc) is 2.82. The Balaban J connectivity index is 1.49. The Morgan fingerprint density at radius 3 is 2.41 bits per heavy atom. The SMILES string of the molecule is CC(C)c1ccc(OCC(=O)Oc2ccc3c(c2)OC(N)=C(C#N)C3c2ccc(Br)cc2)cc1. The molecule has 1 heterocycles. The summed E-state index contributed by atoms with van der Waals surface area (Å²) in [4.78, 5) is 12.3. The van der Waals surface area contributed by atoms with Crippen LogP contribution < -0.4 is 19.9 Å². The average molecular weight is 519 g/mol. The van der Waals surface area contributed by atoms with E-state index in [0.717, 1.165) is 15.6 Å².